The van der Waals surface area contributed by atoms with Crippen molar-refractivity contribution in [2.75, 3.05) is 17.8 Å². The minimum atomic E-state index is -3.00. The van der Waals surface area contributed by atoms with E-state index in [4.69, 9.17) is 0 Å². The van der Waals surface area contributed by atoms with E-state index in [1.807, 2.05) is 0 Å². The second-order valence-electron chi connectivity index (χ2n) is 3.05. The second-order valence-corrected chi connectivity index (χ2v) is 6.48. The summed E-state index contributed by atoms with van der Waals surface area (Å²) in [5, 5.41) is 0. The summed E-state index contributed by atoms with van der Waals surface area (Å²) in [6.07, 6.45) is 1.14. The Bertz CT molecular complexity index is 443. The summed E-state index contributed by atoms with van der Waals surface area (Å²) in [6.45, 7) is 0. The SMILES string of the molecule is CS(=O)(=O)CCSc1ccc(F)c(F)c1. The molecule has 0 aromatic heterocycles. The van der Waals surface area contributed by atoms with Gasteiger partial charge in [0.2, 0.25) is 0 Å². The van der Waals surface area contributed by atoms with Crippen LogP contribution in [-0.4, -0.2) is 26.2 Å². The molecule has 0 amide bonds. The minimum Gasteiger partial charge on any atom is -0.229 e. The van der Waals surface area contributed by atoms with Gasteiger partial charge < -0.3 is 0 Å². The zero-order valence-electron chi connectivity index (χ0n) is 8.04. The highest BCUT2D eigenvalue weighted by molar-refractivity contribution is 8.00. The lowest BCUT2D eigenvalue weighted by molar-refractivity contribution is 0.506. The van der Waals surface area contributed by atoms with Crippen molar-refractivity contribution in [3.63, 3.8) is 0 Å². The van der Waals surface area contributed by atoms with Gasteiger partial charge in [-0.05, 0) is 18.2 Å². The van der Waals surface area contributed by atoms with E-state index in [2.05, 4.69) is 0 Å². The van der Waals surface area contributed by atoms with Crippen molar-refractivity contribution in [3.05, 3.63) is 29.8 Å². The first-order valence-corrected chi connectivity index (χ1v) is 7.19. The Morgan fingerprint density at radius 3 is 2.47 bits per heavy atom. The van der Waals surface area contributed by atoms with Crippen molar-refractivity contribution < 1.29 is 17.2 Å². The summed E-state index contributed by atoms with van der Waals surface area (Å²) in [5.41, 5.74) is 0. The lowest BCUT2D eigenvalue weighted by atomic mass is 10.3. The Morgan fingerprint density at radius 1 is 1.27 bits per heavy atom. The summed E-state index contributed by atoms with van der Waals surface area (Å²) in [4.78, 5) is 0.526. The fraction of sp³-hybridized carbons (Fsp3) is 0.333. The molecule has 0 unspecified atom stereocenters. The molecule has 1 rings (SSSR count). The minimum absolute atomic E-state index is 0.0245. The van der Waals surface area contributed by atoms with Gasteiger partial charge in [-0.1, -0.05) is 0 Å². The van der Waals surface area contributed by atoms with Crippen molar-refractivity contribution in [1.29, 1.82) is 0 Å². The summed E-state index contributed by atoms with van der Waals surface area (Å²) < 4.78 is 46.9. The van der Waals surface area contributed by atoms with Crippen LogP contribution < -0.4 is 0 Å². The van der Waals surface area contributed by atoms with E-state index in [1.165, 1.54) is 17.8 Å². The number of thioether (sulfide) groups is 1. The molecule has 0 heterocycles. The van der Waals surface area contributed by atoms with Crippen molar-refractivity contribution in [2.24, 2.45) is 0 Å². The van der Waals surface area contributed by atoms with Gasteiger partial charge in [-0.3, -0.25) is 0 Å². The average molecular weight is 252 g/mol. The molecule has 0 fully saturated rings. The third-order valence-corrected chi connectivity index (χ3v) is 3.81. The third-order valence-electron chi connectivity index (χ3n) is 1.61. The van der Waals surface area contributed by atoms with E-state index >= 15 is 0 Å². The van der Waals surface area contributed by atoms with Gasteiger partial charge in [-0.25, -0.2) is 17.2 Å². The number of hydrogen-bond acceptors (Lipinski definition) is 3. The molecule has 0 atom stereocenters. The van der Waals surface area contributed by atoms with Gasteiger partial charge in [0.05, 0.1) is 5.75 Å². The molecule has 6 heteroatoms. The Morgan fingerprint density at radius 2 is 1.93 bits per heavy atom. The molecule has 0 N–H and O–H groups in total. The molecule has 0 radical (unpaired) electrons. The van der Waals surface area contributed by atoms with Crippen LogP contribution in [0.4, 0.5) is 8.78 Å². The normalized spacial score (nSPS) is 11.7. The molecule has 0 aliphatic heterocycles. The maximum atomic E-state index is 12.7. The summed E-state index contributed by atoms with van der Waals surface area (Å²) in [6, 6.07) is 3.51. The zero-order chi connectivity index (χ0) is 11.5. The molecule has 0 aliphatic rings. The molecular weight excluding hydrogens is 242 g/mol. The van der Waals surface area contributed by atoms with Crippen LogP contribution in [0, 0.1) is 11.6 Å². The highest BCUT2D eigenvalue weighted by Gasteiger charge is 2.05. The molecule has 0 spiro atoms. The first kappa shape index (κ1) is 12.4. The van der Waals surface area contributed by atoms with Crippen LogP contribution >= 0.6 is 11.8 Å². The van der Waals surface area contributed by atoms with Gasteiger partial charge in [0.15, 0.2) is 11.6 Å². The summed E-state index contributed by atoms with van der Waals surface area (Å²) in [7, 11) is -3.00. The smallest absolute Gasteiger partial charge is 0.159 e. The van der Waals surface area contributed by atoms with E-state index in [0.717, 1.165) is 18.4 Å². The molecule has 1 aromatic rings. The lowest BCUT2D eigenvalue weighted by Crippen LogP contribution is -2.04. The zero-order valence-corrected chi connectivity index (χ0v) is 9.67. The molecule has 0 aliphatic carbocycles. The van der Waals surface area contributed by atoms with Crippen LogP contribution in [0.1, 0.15) is 0 Å². The van der Waals surface area contributed by atoms with Gasteiger partial charge >= 0.3 is 0 Å². The first-order chi connectivity index (χ1) is 6.88. The molecule has 84 valence electrons. The molecule has 15 heavy (non-hydrogen) atoms. The number of benzene rings is 1. The van der Waals surface area contributed by atoms with Gasteiger partial charge in [0.1, 0.15) is 9.84 Å². The van der Waals surface area contributed by atoms with Crippen LogP contribution in [0.2, 0.25) is 0 Å². The van der Waals surface area contributed by atoms with Crippen LogP contribution in [0.3, 0.4) is 0 Å². The quantitative estimate of drug-likeness (QED) is 0.770. The van der Waals surface area contributed by atoms with Gasteiger partial charge in [-0.2, -0.15) is 0 Å². The van der Waals surface area contributed by atoms with Crippen molar-refractivity contribution >= 4 is 21.6 Å². The first-order valence-electron chi connectivity index (χ1n) is 4.14. The van der Waals surface area contributed by atoms with Gasteiger partial charge in [0, 0.05) is 16.9 Å². The average Bonchev–Trinajstić information content (AvgIpc) is 2.09. The Balaban J connectivity index is 2.55. The Labute approximate surface area is 91.6 Å². The van der Waals surface area contributed by atoms with Crippen LogP contribution in [0.15, 0.2) is 23.1 Å². The predicted octanol–water partition coefficient (Wildman–Crippen LogP) is 2.10. The highest BCUT2D eigenvalue weighted by Crippen LogP contribution is 2.20. The van der Waals surface area contributed by atoms with E-state index in [9.17, 15) is 17.2 Å². The number of sulfone groups is 1. The highest BCUT2D eigenvalue weighted by atomic mass is 32.2. The Hall–Kier alpha value is -0.620. The number of hydrogen-bond donors (Lipinski definition) is 0. The molecule has 0 saturated carbocycles. The summed E-state index contributed by atoms with van der Waals surface area (Å²) >= 11 is 1.18. The molecular formula is C9H10F2O2S2. The van der Waals surface area contributed by atoms with E-state index in [-0.39, 0.29) is 5.75 Å². The summed E-state index contributed by atoms with van der Waals surface area (Å²) in [5.74, 6) is -1.46. The Kier molecular flexibility index (Phi) is 4.10. The van der Waals surface area contributed by atoms with Crippen molar-refractivity contribution in [3.8, 4) is 0 Å². The lowest BCUT2D eigenvalue weighted by Gasteiger charge is -2.01. The third kappa shape index (κ3) is 4.61. The molecule has 0 bridgehead atoms. The molecule has 1 aromatic carbocycles. The van der Waals surface area contributed by atoms with E-state index in [0.29, 0.717) is 10.6 Å². The predicted molar refractivity (Wildman–Crippen MR) is 56.8 cm³/mol. The van der Waals surface area contributed by atoms with E-state index < -0.39 is 21.5 Å². The van der Waals surface area contributed by atoms with Gasteiger partial charge in [-0.15, -0.1) is 11.8 Å². The monoisotopic (exact) mass is 252 g/mol. The number of halogens is 2. The molecule has 2 nitrogen and oxygen atoms in total. The van der Waals surface area contributed by atoms with E-state index in [1.54, 1.807) is 0 Å². The number of rotatable bonds is 4. The van der Waals surface area contributed by atoms with Crippen LogP contribution in [0.5, 0.6) is 0 Å². The fourth-order valence-corrected chi connectivity index (χ4v) is 3.01. The maximum absolute atomic E-state index is 12.7. The second kappa shape index (κ2) is 4.94. The molecule has 0 saturated heterocycles. The topological polar surface area (TPSA) is 34.1 Å². The maximum Gasteiger partial charge on any atom is 0.159 e. The van der Waals surface area contributed by atoms with Crippen LogP contribution in [0.25, 0.3) is 0 Å². The standard InChI is InChI=1S/C9H10F2O2S2/c1-15(12,13)5-4-14-7-2-3-8(10)9(11)6-7/h2-3,6H,4-5H2,1H3. The van der Waals surface area contributed by atoms with Crippen molar-refractivity contribution in [1.82, 2.24) is 0 Å². The van der Waals surface area contributed by atoms with Crippen LogP contribution in [-0.2, 0) is 9.84 Å². The van der Waals surface area contributed by atoms with Gasteiger partial charge in [0.25, 0.3) is 0 Å². The van der Waals surface area contributed by atoms with Crippen molar-refractivity contribution in [2.45, 2.75) is 4.90 Å². The fourth-order valence-electron chi connectivity index (χ4n) is 0.878. The largest absolute Gasteiger partial charge is 0.229 e.